The minimum Gasteiger partial charge on any atom is -0.459 e. The van der Waals surface area contributed by atoms with Gasteiger partial charge in [0.1, 0.15) is 24.3 Å². The van der Waals surface area contributed by atoms with E-state index in [1.165, 1.54) is 4.90 Å². The molecule has 2 rings (SSSR count). The van der Waals surface area contributed by atoms with E-state index in [0.717, 1.165) is 5.56 Å². The van der Waals surface area contributed by atoms with E-state index in [9.17, 15) is 14.4 Å². The normalized spacial score (nSPS) is 16.6. The van der Waals surface area contributed by atoms with Crippen molar-refractivity contribution in [2.75, 3.05) is 13.1 Å². The Bertz CT molecular complexity index is 833. The maximum absolute atomic E-state index is 13.0. The van der Waals surface area contributed by atoms with E-state index < -0.39 is 35.7 Å². The van der Waals surface area contributed by atoms with Crippen molar-refractivity contribution in [3.8, 4) is 0 Å². The third-order valence-corrected chi connectivity index (χ3v) is 4.95. The smallest absolute Gasteiger partial charge is 0.410 e. The molecule has 1 aliphatic rings. The highest BCUT2D eigenvalue weighted by Crippen LogP contribution is 2.21. The van der Waals surface area contributed by atoms with Crippen molar-refractivity contribution in [3.63, 3.8) is 0 Å². The zero-order valence-electron chi connectivity index (χ0n) is 19.6. The fourth-order valence-electron chi connectivity index (χ4n) is 3.43. The quantitative estimate of drug-likeness (QED) is 0.219. The molecule has 5 N–H and O–H groups in total. The van der Waals surface area contributed by atoms with Gasteiger partial charge in [0.2, 0.25) is 5.91 Å². The molecule has 2 atom stereocenters. The van der Waals surface area contributed by atoms with Gasteiger partial charge in [0.05, 0.1) is 0 Å². The zero-order valence-corrected chi connectivity index (χ0v) is 19.6. The Hall–Kier alpha value is -3.30. The molecule has 0 aromatic heterocycles. The lowest BCUT2D eigenvalue weighted by atomic mass is 10.1. The van der Waals surface area contributed by atoms with Crippen molar-refractivity contribution >= 4 is 23.9 Å². The second-order valence-corrected chi connectivity index (χ2v) is 8.94. The van der Waals surface area contributed by atoms with Gasteiger partial charge in [0, 0.05) is 13.1 Å². The molecular formula is C23H35N5O5. The Kier molecular flexibility index (Phi) is 9.50. The average Bonchev–Trinajstić information content (AvgIpc) is 3.24. The van der Waals surface area contributed by atoms with E-state index in [4.69, 9.17) is 20.9 Å². The third-order valence-electron chi connectivity index (χ3n) is 4.95. The Morgan fingerprint density at radius 1 is 1.21 bits per heavy atom. The number of hydrogen-bond donors (Lipinski definition) is 3. The van der Waals surface area contributed by atoms with Gasteiger partial charge >= 0.3 is 12.1 Å². The van der Waals surface area contributed by atoms with Crippen LogP contribution < -0.4 is 16.8 Å². The molecule has 1 heterocycles. The van der Waals surface area contributed by atoms with Crippen molar-refractivity contribution < 1.29 is 23.9 Å². The molecule has 0 aliphatic carbocycles. The topological polar surface area (TPSA) is 149 Å². The van der Waals surface area contributed by atoms with Gasteiger partial charge in [-0.05, 0) is 52.0 Å². The Balaban J connectivity index is 2.03. The monoisotopic (exact) mass is 461 g/mol. The van der Waals surface area contributed by atoms with Gasteiger partial charge in [-0.15, -0.1) is 0 Å². The molecule has 10 heteroatoms. The summed E-state index contributed by atoms with van der Waals surface area (Å²) in [5.41, 5.74) is 10.9. The average molecular weight is 462 g/mol. The van der Waals surface area contributed by atoms with Crippen LogP contribution in [0, 0.1) is 0 Å². The van der Waals surface area contributed by atoms with E-state index in [1.807, 2.05) is 30.3 Å². The van der Waals surface area contributed by atoms with Crippen LogP contribution in [0.5, 0.6) is 0 Å². The van der Waals surface area contributed by atoms with Crippen molar-refractivity contribution in [1.82, 2.24) is 10.2 Å². The van der Waals surface area contributed by atoms with Crippen LogP contribution in [-0.2, 0) is 25.7 Å². The second kappa shape index (κ2) is 12.1. The summed E-state index contributed by atoms with van der Waals surface area (Å²) < 4.78 is 10.8. The van der Waals surface area contributed by atoms with Crippen LogP contribution in [0.25, 0.3) is 0 Å². The highest BCUT2D eigenvalue weighted by Gasteiger charge is 2.38. The van der Waals surface area contributed by atoms with E-state index in [0.29, 0.717) is 32.4 Å². The van der Waals surface area contributed by atoms with Crippen LogP contribution in [0.2, 0.25) is 0 Å². The molecule has 0 spiro atoms. The summed E-state index contributed by atoms with van der Waals surface area (Å²) in [6.07, 6.45) is 1.37. The summed E-state index contributed by atoms with van der Waals surface area (Å²) in [4.78, 5) is 43.6. The van der Waals surface area contributed by atoms with Crippen molar-refractivity contribution in [1.29, 1.82) is 0 Å². The predicted molar refractivity (Wildman–Crippen MR) is 124 cm³/mol. The summed E-state index contributed by atoms with van der Waals surface area (Å²) in [5, 5.41) is 2.76. The lowest BCUT2D eigenvalue weighted by Gasteiger charge is -2.29. The van der Waals surface area contributed by atoms with Crippen molar-refractivity contribution in [3.05, 3.63) is 35.9 Å². The lowest BCUT2D eigenvalue weighted by Crippen LogP contribution is -2.52. The number of likely N-dealkylation sites (tertiary alicyclic amines) is 1. The van der Waals surface area contributed by atoms with E-state index in [1.54, 1.807) is 20.8 Å². The van der Waals surface area contributed by atoms with Gasteiger partial charge in [-0.1, -0.05) is 30.3 Å². The number of nitrogens with one attached hydrogen (secondary N) is 1. The molecular weight excluding hydrogens is 426 g/mol. The van der Waals surface area contributed by atoms with Gasteiger partial charge in [-0.3, -0.25) is 14.7 Å². The van der Waals surface area contributed by atoms with Crippen LogP contribution in [0.3, 0.4) is 0 Å². The van der Waals surface area contributed by atoms with Gasteiger partial charge in [-0.25, -0.2) is 9.59 Å². The summed E-state index contributed by atoms with van der Waals surface area (Å²) in [7, 11) is 0. The van der Waals surface area contributed by atoms with Gasteiger partial charge in [0.15, 0.2) is 5.96 Å². The molecule has 0 unspecified atom stereocenters. The number of hydrogen-bond acceptors (Lipinski definition) is 6. The number of nitrogens with two attached hydrogens (primary N) is 2. The minimum atomic E-state index is -0.892. The van der Waals surface area contributed by atoms with Crippen LogP contribution in [0.15, 0.2) is 35.3 Å². The maximum atomic E-state index is 13.0. The van der Waals surface area contributed by atoms with E-state index >= 15 is 0 Å². The van der Waals surface area contributed by atoms with Crippen LogP contribution in [-0.4, -0.2) is 59.6 Å². The number of carbonyl (C=O) groups is 3. The lowest BCUT2D eigenvalue weighted by molar-refractivity contribution is -0.149. The fraction of sp³-hybridized carbons (Fsp3) is 0.565. The van der Waals surface area contributed by atoms with E-state index in [-0.39, 0.29) is 19.0 Å². The number of guanidine groups is 1. The first-order valence-corrected chi connectivity index (χ1v) is 11.1. The number of amides is 2. The standard InChI is InChI=1S/C23H35N5O5/c1-23(2,3)33-22(31)28-14-8-12-18(28)19(29)27-17(11-7-13-26-21(24)25)20(30)32-15-16-9-5-4-6-10-16/h4-6,9-10,17-18H,7-8,11-15H2,1-3H3,(H,27,29)(H4,24,25,26)/t17-,18-/m0/s1. The molecule has 1 aromatic carbocycles. The second-order valence-electron chi connectivity index (χ2n) is 8.94. The highest BCUT2D eigenvalue weighted by molar-refractivity contribution is 5.90. The molecule has 182 valence electrons. The number of ether oxygens (including phenoxy) is 2. The first kappa shape index (κ1) is 26.0. The van der Waals surface area contributed by atoms with Crippen molar-refractivity contribution in [2.45, 2.75) is 70.7 Å². The number of rotatable bonds is 9. The maximum Gasteiger partial charge on any atom is 0.410 e. The summed E-state index contributed by atoms with van der Waals surface area (Å²) in [6, 6.07) is 7.66. The fourth-order valence-corrected chi connectivity index (χ4v) is 3.43. The summed E-state index contributed by atoms with van der Waals surface area (Å²) in [6.45, 7) is 6.13. The third kappa shape index (κ3) is 8.99. The molecule has 2 amide bonds. The number of esters is 1. The first-order chi connectivity index (χ1) is 15.6. The minimum absolute atomic E-state index is 0.0406. The predicted octanol–water partition coefficient (Wildman–Crippen LogP) is 1.67. The SMILES string of the molecule is CC(C)(C)OC(=O)N1CCC[C@H]1C(=O)N[C@@H](CCCN=C(N)N)C(=O)OCc1ccccc1. The Morgan fingerprint density at radius 3 is 2.55 bits per heavy atom. The van der Waals surface area contributed by atoms with E-state index in [2.05, 4.69) is 10.3 Å². The largest absolute Gasteiger partial charge is 0.459 e. The van der Waals surface area contributed by atoms with Gasteiger partial charge < -0.3 is 26.3 Å². The summed E-state index contributed by atoms with van der Waals surface area (Å²) in [5.74, 6) is -1.01. The molecule has 1 aromatic rings. The van der Waals surface area contributed by atoms with Crippen LogP contribution in [0.4, 0.5) is 4.79 Å². The molecule has 0 radical (unpaired) electrons. The van der Waals surface area contributed by atoms with Crippen LogP contribution >= 0.6 is 0 Å². The Labute approximate surface area is 194 Å². The van der Waals surface area contributed by atoms with Gasteiger partial charge in [-0.2, -0.15) is 0 Å². The zero-order chi connectivity index (χ0) is 24.4. The molecule has 0 saturated carbocycles. The molecule has 0 bridgehead atoms. The molecule has 1 fully saturated rings. The molecule has 33 heavy (non-hydrogen) atoms. The number of nitrogens with zero attached hydrogens (tertiary/aromatic N) is 2. The van der Waals surface area contributed by atoms with Crippen molar-refractivity contribution in [2.24, 2.45) is 16.5 Å². The number of carbonyl (C=O) groups excluding carboxylic acids is 3. The molecule has 1 aliphatic heterocycles. The first-order valence-electron chi connectivity index (χ1n) is 11.1. The number of aliphatic imine (C=N–C) groups is 1. The van der Waals surface area contributed by atoms with Gasteiger partial charge in [0.25, 0.3) is 0 Å². The number of benzene rings is 1. The molecule has 1 saturated heterocycles. The Morgan fingerprint density at radius 2 is 1.91 bits per heavy atom. The van der Waals surface area contributed by atoms with Crippen LogP contribution in [0.1, 0.15) is 52.0 Å². The molecule has 10 nitrogen and oxygen atoms in total. The summed E-state index contributed by atoms with van der Waals surface area (Å²) >= 11 is 0. The highest BCUT2D eigenvalue weighted by atomic mass is 16.6.